The van der Waals surface area contributed by atoms with Crippen LogP contribution < -0.4 is 14.5 Å². The molecule has 0 aliphatic carbocycles. The Morgan fingerprint density at radius 2 is 1.74 bits per heavy atom. The lowest BCUT2D eigenvalue weighted by Gasteiger charge is -2.20. The monoisotopic (exact) mass is 454 g/mol. The van der Waals surface area contributed by atoms with E-state index in [0.717, 1.165) is 34.0 Å². The molecule has 0 saturated carbocycles. The maximum Gasteiger partial charge on any atom is 0.246 e. The number of benzene rings is 3. The van der Waals surface area contributed by atoms with Gasteiger partial charge in [0.15, 0.2) is 0 Å². The number of nitrogens with zero attached hydrogens (tertiary/aromatic N) is 4. The van der Waals surface area contributed by atoms with Crippen molar-refractivity contribution < 1.29 is 14.3 Å². The molecule has 1 atom stereocenters. The van der Waals surface area contributed by atoms with Gasteiger partial charge in [0.1, 0.15) is 18.1 Å². The molecule has 4 aromatic rings. The minimum atomic E-state index is -0.114. The van der Waals surface area contributed by atoms with Gasteiger partial charge in [-0.1, -0.05) is 30.3 Å². The third-order valence-corrected chi connectivity index (χ3v) is 6.37. The molecule has 1 aromatic heterocycles. The topological polar surface area (TPSA) is 67.7 Å². The minimum absolute atomic E-state index is 0.0431. The van der Waals surface area contributed by atoms with E-state index in [2.05, 4.69) is 0 Å². The van der Waals surface area contributed by atoms with Crippen LogP contribution in [0.2, 0.25) is 0 Å². The SMILES string of the molecule is COc1ccc(N2CC(c3nc4ccccc4n3CC(=O)N(C)c3ccccc3)CC2=O)cc1. The van der Waals surface area contributed by atoms with Crippen LogP contribution in [0, 0.1) is 0 Å². The van der Waals surface area contributed by atoms with Gasteiger partial charge in [0.05, 0.1) is 18.1 Å². The fourth-order valence-electron chi connectivity index (χ4n) is 4.50. The molecule has 5 rings (SSSR count). The molecule has 1 aliphatic rings. The molecule has 2 amide bonds. The molecular formula is C27H26N4O3. The van der Waals surface area contributed by atoms with Crippen LogP contribution in [0.3, 0.4) is 0 Å². The highest BCUT2D eigenvalue weighted by Crippen LogP contribution is 2.34. The number of para-hydroxylation sites is 3. The first kappa shape index (κ1) is 21.7. The van der Waals surface area contributed by atoms with Gasteiger partial charge in [0.2, 0.25) is 11.8 Å². The average Bonchev–Trinajstić information content (AvgIpc) is 3.44. The molecule has 0 N–H and O–H groups in total. The summed E-state index contributed by atoms with van der Waals surface area (Å²) < 4.78 is 7.20. The number of anilines is 2. The number of imidazole rings is 1. The third-order valence-electron chi connectivity index (χ3n) is 6.37. The number of carbonyl (C=O) groups is 2. The normalized spacial score (nSPS) is 15.6. The van der Waals surface area contributed by atoms with Crippen molar-refractivity contribution in [3.05, 3.63) is 84.7 Å². The lowest BCUT2D eigenvalue weighted by molar-refractivity contribution is -0.119. The zero-order valence-electron chi connectivity index (χ0n) is 19.2. The number of carbonyl (C=O) groups excluding carboxylic acids is 2. The average molecular weight is 455 g/mol. The van der Waals surface area contributed by atoms with E-state index in [1.807, 2.05) is 83.4 Å². The van der Waals surface area contributed by atoms with Gasteiger partial charge in [-0.25, -0.2) is 4.98 Å². The van der Waals surface area contributed by atoms with Crippen molar-refractivity contribution in [3.8, 4) is 5.75 Å². The second kappa shape index (κ2) is 9.02. The van der Waals surface area contributed by atoms with Gasteiger partial charge in [0, 0.05) is 37.3 Å². The molecule has 172 valence electrons. The molecule has 1 aliphatic heterocycles. The van der Waals surface area contributed by atoms with E-state index >= 15 is 0 Å². The summed E-state index contributed by atoms with van der Waals surface area (Å²) in [4.78, 5) is 34.5. The molecule has 3 aromatic carbocycles. The van der Waals surface area contributed by atoms with E-state index in [-0.39, 0.29) is 24.3 Å². The maximum atomic E-state index is 13.2. The lowest BCUT2D eigenvalue weighted by Crippen LogP contribution is -2.31. The minimum Gasteiger partial charge on any atom is -0.497 e. The van der Waals surface area contributed by atoms with E-state index in [1.165, 1.54) is 0 Å². The molecule has 1 fully saturated rings. The zero-order valence-corrected chi connectivity index (χ0v) is 19.2. The number of fused-ring (bicyclic) bond motifs is 1. The molecule has 7 nitrogen and oxygen atoms in total. The van der Waals surface area contributed by atoms with E-state index < -0.39 is 0 Å². The second-order valence-corrected chi connectivity index (χ2v) is 8.44. The fourth-order valence-corrected chi connectivity index (χ4v) is 4.50. The Hall–Kier alpha value is -4.13. The Bertz CT molecular complexity index is 1330. The van der Waals surface area contributed by atoms with Gasteiger partial charge in [-0.3, -0.25) is 9.59 Å². The van der Waals surface area contributed by atoms with E-state index in [1.54, 1.807) is 24.0 Å². The van der Waals surface area contributed by atoms with Crippen molar-refractivity contribution in [2.24, 2.45) is 0 Å². The van der Waals surface area contributed by atoms with E-state index in [0.29, 0.717) is 13.0 Å². The quantitative estimate of drug-likeness (QED) is 0.437. The Kier molecular flexibility index (Phi) is 5.76. The number of ether oxygens (including phenoxy) is 1. The van der Waals surface area contributed by atoms with Crippen LogP contribution >= 0.6 is 0 Å². The first-order valence-corrected chi connectivity index (χ1v) is 11.3. The summed E-state index contributed by atoms with van der Waals surface area (Å²) in [6.07, 6.45) is 0.345. The first-order chi connectivity index (χ1) is 16.5. The first-order valence-electron chi connectivity index (χ1n) is 11.3. The number of hydrogen-bond acceptors (Lipinski definition) is 4. The van der Waals surface area contributed by atoms with E-state index in [4.69, 9.17) is 9.72 Å². The van der Waals surface area contributed by atoms with Crippen LogP contribution in [0.5, 0.6) is 5.75 Å². The van der Waals surface area contributed by atoms with E-state index in [9.17, 15) is 9.59 Å². The summed E-state index contributed by atoms with van der Waals surface area (Å²) in [5.74, 6) is 1.39. The molecule has 1 unspecified atom stereocenters. The van der Waals surface area contributed by atoms with Crippen molar-refractivity contribution in [3.63, 3.8) is 0 Å². The van der Waals surface area contributed by atoms with Gasteiger partial charge < -0.3 is 19.1 Å². The van der Waals surface area contributed by atoms with Crippen molar-refractivity contribution in [1.82, 2.24) is 9.55 Å². The summed E-state index contributed by atoms with van der Waals surface area (Å²) in [5, 5.41) is 0. The van der Waals surface area contributed by atoms with Crippen molar-refractivity contribution in [1.29, 1.82) is 0 Å². The van der Waals surface area contributed by atoms with Gasteiger partial charge in [-0.15, -0.1) is 0 Å². The van der Waals surface area contributed by atoms with Crippen LogP contribution in [-0.2, 0) is 16.1 Å². The zero-order chi connectivity index (χ0) is 23.7. The van der Waals surface area contributed by atoms with Crippen LogP contribution in [0.15, 0.2) is 78.9 Å². The largest absolute Gasteiger partial charge is 0.497 e. The molecule has 1 saturated heterocycles. The van der Waals surface area contributed by atoms with Crippen LogP contribution in [0.4, 0.5) is 11.4 Å². The summed E-state index contributed by atoms with van der Waals surface area (Å²) in [5.41, 5.74) is 3.38. The predicted molar refractivity (Wildman–Crippen MR) is 132 cm³/mol. The molecular weight excluding hydrogens is 428 g/mol. The predicted octanol–water partition coefficient (Wildman–Crippen LogP) is 4.23. The van der Waals surface area contributed by atoms with Gasteiger partial charge in [0.25, 0.3) is 0 Å². The lowest BCUT2D eigenvalue weighted by atomic mass is 10.1. The van der Waals surface area contributed by atoms with Gasteiger partial charge >= 0.3 is 0 Å². The number of hydrogen-bond donors (Lipinski definition) is 0. The second-order valence-electron chi connectivity index (χ2n) is 8.44. The highest BCUT2D eigenvalue weighted by Gasteiger charge is 2.35. The van der Waals surface area contributed by atoms with Crippen molar-refractivity contribution in [2.75, 3.05) is 30.5 Å². The summed E-state index contributed by atoms with van der Waals surface area (Å²) in [6, 6.07) is 24.8. The summed E-state index contributed by atoms with van der Waals surface area (Å²) >= 11 is 0. The highest BCUT2D eigenvalue weighted by atomic mass is 16.5. The standard InChI is InChI=1S/C27H26N4O3/c1-29(20-8-4-3-5-9-20)26(33)18-31-24-11-7-6-10-23(24)28-27(31)19-16-25(32)30(17-19)21-12-14-22(34-2)15-13-21/h3-15,19H,16-18H2,1-2H3. The molecule has 0 spiro atoms. The maximum absolute atomic E-state index is 13.2. The Balaban J connectivity index is 1.45. The molecule has 0 radical (unpaired) electrons. The van der Waals surface area contributed by atoms with Crippen LogP contribution in [0.25, 0.3) is 11.0 Å². The number of methoxy groups -OCH3 is 1. The third kappa shape index (κ3) is 4.01. The Morgan fingerprint density at radius 3 is 2.47 bits per heavy atom. The highest BCUT2D eigenvalue weighted by molar-refractivity contribution is 5.97. The number of rotatable bonds is 6. The van der Waals surface area contributed by atoms with Crippen molar-refractivity contribution >= 4 is 34.2 Å². The number of amides is 2. The van der Waals surface area contributed by atoms with Crippen LogP contribution in [0.1, 0.15) is 18.2 Å². The van der Waals surface area contributed by atoms with Crippen molar-refractivity contribution in [2.45, 2.75) is 18.9 Å². The molecule has 7 heteroatoms. The smallest absolute Gasteiger partial charge is 0.246 e. The Morgan fingerprint density at radius 1 is 1.03 bits per heavy atom. The molecule has 34 heavy (non-hydrogen) atoms. The van der Waals surface area contributed by atoms with Gasteiger partial charge in [-0.05, 0) is 48.5 Å². The summed E-state index contributed by atoms with van der Waals surface area (Å²) in [6.45, 7) is 0.658. The Labute approximate surface area is 198 Å². The summed E-state index contributed by atoms with van der Waals surface area (Å²) in [7, 11) is 3.40. The number of aromatic nitrogens is 2. The number of likely N-dealkylation sites (N-methyl/N-ethyl adjacent to an activating group) is 1. The molecule has 2 heterocycles. The van der Waals surface area contributed by atoms with Crippen LogP contribution in [-0.4, -0.2) is 42.1 Å². The molecule has 0 bridgehead atoms. The fraction of sp³-hybridized carbons (Fsp3) is 0.222. The van der Waals surface area contributed by atoms with Gasteiger partial charge in [-0.2, -0.15) is 0 Å².